The van der Waals surface area contributed by atoms with Crippen molar-refractivity contribution in [1.82, 2.24) is 0 Å². The zero-order chi connectivity index (χ0) is 28.6. The molecule has 0 atom stereocenters. The normalized spacial score (nSPS) is 11.8. The Kier molecular flexibility index (Phi) is 11.0. The molecule has 12 heteroatoms. The largest absolute Gasteiger partial charge is 0.490 e. The van der Waals surface area contributed by atoms with Crippen LogP contribution in [0.15, 0.2) is 47.4 Å². The molecule has 0 unspecified atom stereocenters. The highest BCUT2D eigenvalue weighted by atomic mass is 32.2. The van der Waals surface area contributed by atoms with Gasteiger partial charge in [-0.25, -0.2) is 18.0 Å². The molecule has 0 heterocycles. The number of anilines is 2. The van der Waals surface area contributed by atoms with Crippen molar-refractivity contribution >= 4 is 33.3 Å². The van der Waals surface area contributed by atoms with Crippen LogP contribution in [0.5, 0.6) is 0 Å². The molecule has 0 aromatic heterocycles. The molecular weight excluding hydrogens is 513 g/mol. The number of nitrogens with one attached hydrogen (secondary N) is 1. The van der Waals surface area contributed by atoms with Gasteiger partial charge in [-0.3, -0.25) is 4.72 Å². The fourth-order valence-corrected chi connectivity index (χ4v) is 4.34. The Morgan fingerprint density at radius 2 is 1.41 bits per heavy atom. The second-order valence-corrected chi connectivity index (χ2v) is 10.9. The summed E-state index contributed by atoms with van der Waals surface area (Å²) < 4.78 is 59.8. The van der Waals surface area contributed by atoms with Crippen LogP contribution in [0, 0.1) is 0 Å². The summed E-state index contributed by atoms with van der Waals surface area (Å²) in [6, 6.07) is 11.4. The Bertz CT molecular complexity index is 1170. The number of aromatic carboxylic acids is 1. The van der Waals surface area contributed by atoms with Crippen LogP contribution in [-0.4, -0.2) is 49.8 Å². The quantitative estimate of drug-likeness (QED) is 0.366. The van der Waals surface area contributed by atoms with Crippen LogP contribution in [0.3, 0.4) is 0 Å². The van der Waals surface area contributed by atoms with Crippen molar-refractivity contribution in [2.45, 2.75) is 63.9 Å². The third-order valence-electron chi connectivity index (χ3n) is 5.08. The SMILES string of the molecule is CCCN(CCC)c1ccc(NS(=O)(=O)c2ccc(C(C)(C)C)cc2)cc1C(=O)O.O=C(O)C(F)(F)F. The molecule has 0 aliphatic rings. The summed E-state index contributed by atoms with van der Waals surface area (Å²) in [4.78, 5) is 22.9. The highest BCUT2D eigenvalue weighted by Gasteiger charge is 2.38. The van der Waals surface area contributed by atoms with Gasteiger partial charge in [-0.1, -0.05) is 46.8 Å². The van der Waals surface area contributed by atoms with Crippen LogP contribution >= 0.6 is 0 Å². The summed E-state index contributed by atoms with van der Waals surface area (Å²) in [6.07, 6.45) is -3.31. The third kappa shape index (κ3) is 9.60. The summed E-state index contributed by atoms with van der Waals surface area (Å²) in [5.41, 5.74) is 1.86. The van der Waals surface area contributed by atoms with Crippen molar-refractivity contribution in [3.63, 3.8) is 0 Å². The average molecular weight is 547 g/mol. The van der Waals surface area contributed by atoms with Gasteiger partial charge in [0.15, 0.2) is 0 Å². The summed E-state index contributed by atoms with van der Waals surface area (Å²) in [6.45, 7) is 11.7. The molecule has 0 saturated heterocycles. The Hall–Kier alpha value is -3.28. The number of nitrogens with zero attached hydrogens (tertiary/aromatic N) is 1. The molecule has 8 nitrogen and oxygen atoms in total. The highest BCUT2D eigenvalue weighted by Crippen LogP contribution is 2.28. The molecule has 206 valence electrons. The van der Waals surface area contributed by atoms with Crippen molar-refractivity contribution in [1.29, 1.82) is 0 Å². The maximum absolute atomic E-state index is 12.8. The third-order valence-corrected chi connectivity index (χ3v) is 6.48. The van der Waals surface area contributed by atoms with Crippen LogP contribution in [0.4, 0.5) is 24.5 Å². The van der Waals surface area contributed by atoms with Crippen molar-refractivity contribution in [2.24, 2.45) is 0 Å². The highest BCUT2D eigenvalue weighted by molar-refractivity contribution is 7.92. The van der Waals surface area contributed by atoms with Gasteiger partial charge in [0.25, 0.3) is 10.0 Å². The van der Waals surface area contributed by atoms with Crippen LogP contribution < -0.4 is 9.62 Å². The maximum atomic E-state index is 12.8. The standard InChI is InChI=1S/C23H32N2O4S.C2HF3O2/c1-6-14-25(15-7-2)21-13-10-18(16-20(21)22(26)27)24-30(28,29)19-11-8-17(9-12-19)23(3,4)5;3-2(4,5)1(6)7/h8-13,16,24H,6-7,14-15H2,1-5H3,(H,26,27);(H,6,7). The van der Waals surface area contributed by atoms with E-state index in [0.717, 1.165) is 31.5 Å². The number of benzene rings is 2. The molecule has 0 fully saturated rings. The second kappa shape index (κ2) is 12.8. The van der Waals surface area contributed by atoms with E-state index in [9.17, 15) is 31.5 Å². The van der Waals surface area contributed by atoms with Crippen molar-refractivity contribution in [3.8, 4) is 0 Å². The maximum Gasteiger partial charge on any atom is 0.490 e. The minimum Gasteiger partial charge on any atom is -0.478 e. The molecule has 0 radical (unpaired) electrons. The number of hydrogen-bond donors (Lipinski definition) is 3. The minimum atomic E-state index is -5.08. The molecule has 0 aliphatic carbocycles. The zero-order valence-electron chi connectivity index (χ0n) is 21.4. The average Bonchev–Trinajstić information content (AvgIpc) is 2.78. The van der Waals surface area contributed by atoms with E-state index in [0.29, 0.717) is 5.69 Å². The predicted molar refractivity (Wildman–Crippen MR) is 136 cm³/mol. The van der Waals surface area contributed by atoms with Crippen molar-refractivity contribution in [3.05, 3.63) is 53.6 Å². The number of hydrogen-bond acceptors (Lipinski definition) is 5. The first-order valence-corrected chi connectivity index (χ1v) is 13.0. The monoisotopic (exact) mass is 546 g/mol. The zero-order valence-corrected chi connectivity index (χ0v) is 22.2. The van der Waals surface area contributed by atoms with E-state index >= 15 is 0 Å². The number of carboxylic acids is 2. The summed E-state index contributed by atoms with van der Waals surface area (Å²) in [7, 11) is -3.83. The molecule has 2 rings (SSSR count). The van der Waals surface area contributed by atoms with E-state index in [-0.39, 0.29) is 21.6 Å². The van der Waals surface area contributed by atoms with Gasteiger partial charge >= 0.3 is 18.1 Å². The number of halogens is 3. The van der Waals surface area contributed by atoms with E-state index in [1.165, 1.54) is 6.07 Å². The fraction of sp³-hybridized carbons (Fsp3) is 0.440. The Morgan fingerprint density at radius 3 is 1.78 bits per heavy atom. The molecule has 0 amide bonds. The molecule has 0 spiro atoms. The lowest BCUT2D eigenvalue weighted by Gasteiger charge is -2.25. The first-order chi connectivity index (χ1) is 16.9. The van der Waals surface area contributed by atoms with Gasteiger partial charge < -0.3 is 15.1 Å². The Balaban J connectivity index is 0.000000856. The van der Waals surface area contributed by atoms with Crippen molar-refractivity contribution in [2.75, 3.05) is 22.7 Å². The first-order valence-electron chi connectivity index (χ1n) is 11.5. The number of carboxylic acid groups (broad SMARTS) is 2. The van der Waals surface area contributed by atoms with Gasteiger partial charge in [0.1, 0.15) is 0 Å². The summed E-state index contributed by atoms with van der Waals surface area (Å²) in [5, 5.41) is 16.8. The summed E-state index contributed by atoms with van der Waals surface area (Å²) in [5.74, 6) is -3.84. The lowest BCUT2D eigenvalue weighted by atomic mass is 9.87. The molecule has 2 aromatic carbocycles. The number of carbonyl (C=O) groups is 2. The van der Waals surface area contributed by atoms with Crippen LogP contribution in [-0.2, 0) is 20.2 Å². The van der Waals surface area contributed by atoms with Crippen LogP contribution in [0.1, 0.15) is 63.4 Å². The van der Waals surface area contributed by atoms with Gasteiger partial charge in [-0.2, -0.15) is 13.2 Å². The molecule has 2 aromatic rings. The molecule has 0 saturated carbocycles. The topological polar surface area (TPSA) is 124 Å². The van der Waals surface area contributed by atoms with Gasteiger partial charge in [0.05, 0.1) is 16.1 Å². The van der Waals surface area contributed by atoms with Crippen molar-refractivity contribution < 1.29 is 41.4 Å². The van der Waals surface area contributed by atoms with E-state index in [4.69, 9.17) is 9.90 Å². The molecular formula is C25H33F3N2O6S. The minimum absolute atomic E-state index is 0.0786. The second-order valence-electron chi connectivity index (χ2n) is 9.21. The Labute approximate surface area is 215 Å². The lowest BCUT2D eigenvalue weighted by Crippen LogP contribution is -2.27. The molecule has 0 bridgehead atoms. The molecule has 37 heavy (non-hydrogen) atoms. The lowest BCUT2D eigenvalue weighted by molar-refractivity contribution is -0.192. The number of aliphatic carboxylic acids is 1. The van der Waals surface area contributed by atoms with Crippen LogP contribution in [0.2, 0.25) is 0 Å². The van der Waals surface area contributed by atoms with E-state index in [1.807, 2.05) is 18.7 Å². The number of rotatable bonds is 9. The van der Waals surface area contributed by atoms with E-state index in [1.54, 1.807) is 36.4 Å². The van der Waals surface area contributed by atoms with E-state index in [2.05, 4.69) is 25.5 Å². The number of alkyl halides is 3. The number of sulfonamides is 1. The fourth-order valence-electron chi connectivity index (χ4n) is 3.29. The van der Waals surface area contributed by atoms with E-state index < -0.39 is 28.1 Å². The first kappa shape index (κ1) is 31.7. The van der Waals surface area contributed by atoms with Crippen LogP contribution in [0.25, 0.3) is 0 Å². The van der Waals surface area contributed by atoms with Gasteiger partial charge in [-0.05, 0) is 54.2 Å². The smallest absolute Gasteiger partial charge is 0.478 e. The Morgan fingerprint density at radius 1 is 0.919 bits per heavy atom. The van der Waals surface area contributed by atoms with Gasteiger partial charge in [0.2, 0.25) is 0 Å². The predicted octanol–water partition coefficient (Wildman–Crippen LogP) is 5.74. The molecule has 3 N–H and O–H groups in total. The summed E-state index contributed by atoms with van der Waals surface area (Å²) >= 11 is 0. The molecule has 0 aliphatic heterocycles. The van der Waals surface area contributed by atoms with Gasteiger partial charge in [0, 0.05) is 18.8 Å². The van der Waals surface area contributed by atoms with Gasteiger partial charge in [-0.15, -0.1) is 0 Å².